The van der Waals surface area contributed by atoms with Gasteiger partial charge < -0.3 is 15.8 Å². The van der Waals surface area contributed by atoms with E-state index in [2.05, 4.69) is 5.32 Å². The highest BCUT2D eigenvalue weighted by atomic mass is 19.1. The minimum atomic E-state index is -0.429. The molecular formula is C13H19FN2O2. The number of halogens is 1. The van der Waals surface area contributed by atoms with Gasteiger partial charge in [-0.2, -0.15) is 0 Å². The van der Waals surface area contributed by atoms with Crippen LogP contribution in [0, 0.1) is 5.82 Å². The lowest BCUT2D eigenvalue weighted by atomic mass is 10.2. The van der Waals surface area contributed by atoms with Crippen molar-refractivity contribution in [3.05, 3.63) is 24.0 Å². The molecule has 1 aromatic rings. The number of anilines is 1. The predicted molar refractivity (Wildman–Crippen MR) is 68.8 cm³/mol. The van der Waals surface area contributed by atoms with Crippen molar-refractivity contribution in [3.8, 4) is 5.75 Å². The molecule has 0 aliphatic carbocycles. The monoisotopic (exact) mass is 254 g/mol. The number of benzene rings is 1. The zero-order valence-electron chi connectivity index (χ0n) is 10.7. The Balaban J connectivity index is 2.47. The number of hydrogen-bond donors (Lipinski definition) is 2. The van der Waals surface area contributed by atoms with Crippen LogP contribution < -0.4 is 15.8 Å². The summed E-state index contributed by atoms with van der Waals surface area (Å²) < 4.78 is 18.0. The van der Waals surface area contributed by atoms with Gasteiger partial charge in [0.2, 0.25) is 0 Å². The Labute approximate surface area is 106 Å². The van der Waals surface area contributed by atoms with Crippen LogP contribution in [0.4, 0.5) is 10.1 Å². The van der Waals surface area contributed by atoms with Gasteiger partial charge in [-0.25, -0.2) is 4.39 Å². The van der Waals surface area contributed by atoms with E-state index in [1.165, 1.54) is 12.1 Å². The van der Waals surface area contributed by atoms with Crippen molar-refractivity contribution in [1.82, 2.24) is 5.32 Å². The van der Waals surface area contributed by atoms with E-state index in [-0.39, 0.29) is 24.2 Å². The summed E-state index contributed by atoms with van der Waals surface area (Å²) in [6.07, 6.45) is 1.75. The lowest BCUT2D eigenvalue weighted by molar-refractivity contribution is -0.123. The first-order chi connectivity index (χ1) is 8.56. The molecule has 0 atom stereocenters. The van der Waals surface area contributed by atoms with Gasteiger partial charge in [0, 0.05) is 12.1 Å². The van der Waals surface area contributed by atoms with Crippen LogP contribution in [-0.2, 0) is 4.79 Å². The summed E-state index contributed by atoms with van der Waals surface area (Å²) in [5.74, 6) is -0.315. The standard InChI is InChI=1S/C13H19FN2O2/c1-3-10(4-2)16-13(17)8-18-12-6-5-9(14)7-11(12)15/h5-7,10H,3-4,8,15H2,1-2H3,(H,16,17). The molecule has 100 valence electrons. The molecule has 0 aliphatic heterocycles. The Hall–Kier alpha value is -1.78. The van der Waals surface area contributed by atoms with Crippen LogP contribution in [-0.4, -0.2) is 18.6 Å². The van der Waals surface area contributed by atoms with Crippen molar-refractivity contribution in [2.75, 3.05) is 12.3 Å². The van der Waals surface area contributed by atoms with Crippen LogP contribution in [0.15, 0.2) is 18.2 Å². The molecule has 4 nitrogen and oxygen atoms in total. The number of amides is 1. The minimum absolute atomic E-state index is 0.119. The fourth-order valence-corrected chi connectivity index (χ4v) is 1.56. The van der Waals surface area contributed by atoms with E-state index in [4.69, 9.17) is 10.5 Å². The summed E-state index contributed by atoms with van der Waals surface area (Å²) in [4.78, 5) is 11.6. The average molecular weight is 254 g/mol. The van der Waals surface area contributed by atoms with Gasteiger partial charge in [0.1, 0.15) is 11.6 Å². The van der Waals surface area contributed by atoms with Gasteiger partial charge in [-0.1, -0.05) is 13.8 Å². The summed E-state index contributed by atoms with van der Waals surface area (Å²) in [5.41, 5.74) is 5.75. The summed E-state index contributed by atoms with van der Waals surface area (Å²) in [6, 6.07) is 3.97. The van der Waals surface area contributed by atoms with E-state index in [0.717, 1.165) is 18.9 Å². The van der Waals surface area contributed by atoms with Crippen molar-refractivity contribution in [3.63, 3.8) is 0 Å². The number of carbonyl (C=O) groups is 1. The Kier molecular flexibility index (Phi) is 5.42. The molecular weight excluding hydrogens is 235 g/mol. The van der Waals surface area contributed by atoms with Gasteiger partial charge in [-0.05, 0) is 25.0 Å². The molecule has 0 spiro atoms. The van der Waals surface area contributed by atoms with E-state index in [1.807, 2.05) is 13.8 Å². The Bertz CT molecular complexity index is 406. The third kappa shape index (κ3) is 4.24. The van der Waals surface area contributed by atoms with Crippen LogP contribution in [0.1, 0.15) is 26.7 Å². The van der Waals surface area contributed by atoms with E-state index in [0.29, 0.717) is 5.75 Å². The Morgan fingerprint density at radius 1 is 1.44 bits per heavy atom. The summed E-state index contributed by atoms with van der Waals surface area (Å²) in [5, 5.41) is 2.84. The van der Waals surface area contributed by atoms with Crippen molar-refractivity contribution in [2.24, 2.45) is 0 Å². The summed E-state index contributed by atoms with van der Waals surface area (Å²) in [6.45, 7) is 3.90. The smallest absolute Gasteiger partial charge is 0.258 e. The highest BCUT2D eigenvalue weighted by Crippen LogP contribution is 2.21. The fourth-order valence-electron chi connectivity index (χ4n) is 1.56. The first kappa shape index (κ1) is 14.3. The molecule has 0 heterocycles. The number of hydrogen-bond acceptors (Lipinski definition) is 3. The van der Waals surface area contributed by atoms with Crippen LogP contribution in [0.5, 0.6) is 5.75 Å². The largest absolute Gasteiger partial charge is 0.482 e. The van der Waals surface area contributed by atoms with Gasteiger partial charge in [-0.3, -0.25) is 4.79 Å². The fraction of sp³-hybridized carbons (Fsp3) is 0.462. The summed E-state index contributed by atoms with van der Waals surface area (Å²) >= 11 is 0. The average Bonchev–Trinajstić information content (AvgIpc) is 2.35. The third-order valence-corrected chi connectivity index (χ3v) is 2.68. The molecule has 0 saturated heterocycles. The molecule has 1 aromatic carbocycles. The molecule has 0 radical (unpaired) electrons. The molecule has 5 heteroatoms. The lowest BCUT2D eigenvalue weighted by Gasteiger charge is -2.15. The SMILES string of the molecule is CCC(CC)NC(=O)COc1ccc(F)cc1N. The van der Waals surface area contributed by atoms with Crippen molar-refractivity contribution in [1.29, 1.82) is 0 Å². The lowest BCUT2D eigenvalue weighted by Crippen LogP contribution is -2.37. The number of carbonyl (C=O) groups excluding carboxylic acids is 1. The van der Waals surface area contributed by atoms with Crippen LogP contribution in [0.3, 0.4) is 0 Å². The predicted octanol–water partition coefficient (Wildman–Crippen LogP) is 2.09. The van der Waals surface area contributed by atoms with Gasteiger partial charge in [0.05, 0.1) is 5.69 Å². The van der Waals surface area contributed by atoms with E-state index in [9.17, 15) is 9.18 Å². The van der Waals surface area contributed by atoms with Crippen LogP contribution >= 0.6 is 0 Å². The van der Waals surface area contributed by atoms with Gasteiger partial charge >= 0.3 is 0 Å². The summed E-state index contributed by atoms with van der Waals surface area (Å²) in [7, 11) is 0. The van der Waals surface area contributed by atoms with Gasteiger partial charge in [0.25, 0.3) is 5.91 Å². The number of nitrogens with one attached hydrogen (secondary N) is 1. The maximum atomic E-state index is 12.8. The Morgan fingerprint density at radius 2 is 2.11 bits per heavy atom. The van der Waals surface area contributed by atoms with Gasteiger partial charge in [0.15, 0.2) is 6.61 Å². The third-order valence-electron chi connectivity index (χ3n) is 2.68. The maximum absolute atomic E-state index is 12.8. The number of nitrogens with two attached hydrogens (primary N) is 1. The normalized spacial score (nSPS) is 10.4. The molecule has 0 fully saturated rings. The van der Waals surface area contributed by atoms with Gasteiger partial charge in [-0.15, -0.1) is 0 Å². The number of ether oxygens (including phenoxy) is 1. The number of rotatable bonds is 6. The molecule has 0 aromatic heterocycles. The molecule has 1 amide bonds. The molecule has 1 rings (SSSR count). The molecule has 0 aliphatic rings. The Morgan fingerprint density at radius 3 is 2.67 bits per heavy atom. The van der Waals surface area contributed by atoms with Crippen molar-refractivity contribution >= 4 is 11.6 Å². The molecule has 0 saturated carbocycles. The zero-order chi connectivity index (χ0) is 13.5. The van der Waals surface area contributed by atoms with Crippen molar-refractivity contribution < 1.29 is 13.9 Å². The van der Waals surface area contributed by atoms with Crippen LogP contribution in [0.25, 0.3) is 0 Å². The first-order valence-corrected chi connectivity index (χ1v) is 6.04. The topological polar surface area (TPSA) is 64.3 Å². The molecule has 18 heavy (non-hydrogen) atoms. The zero-order valence-corrected chi connectivity index (χ0v) is 10.7. The van der Waals surface area contributed by atoms with E-state index >= 15 is 0 Å². The second kappa shape index (κ2) is 6.83. The molecule has 0 unspecified atom stereocenters. The van der Waals surface area contributed by atoms with Crippen molar-refractivity contribution in [2.45, 2.75) is 32.7 Å². The second-order valence-electron chi connectivity index (χ2n) is 4.05. The molecule has 0 bridgehead atoms. The first-order valence-electron chi connectivity index (χ1n) is 6.04. The highest BCUT2D eigenvalue weighted by molar-refractivity contribution is 5.78. The molecule has 3 N–H and O–H groups in total. The van der Waals surface area contributed by atoms with Crippen LogP contribution in [0.2, 0.25) is 0 Å². The minimum Gasteiger partial charge on any atom is -0.482 e. The highest BCUT2D eigenvalue weighted by Gasteiger charge is 2.10. The number of nitrogen functional groups attached to an aromatic ring is 1. The maximum Gasteiger partial charge on any atom is 0.258 e. The van der Waals surface area contributed by atoms with E-state index in [1.54, 1.807) is 0 Å². The second-order valence-corrected chi connectivity index (χ2v) is 4.05. The van der Waals surface area contributed by atoms with E-state index < -0.39 is 5.82 Å². The quantitative estimate of drug-likeness (QED) is 0.764.